The minimum Gasteiger partial charge on any atom is -0.478 e. The van der Waals surface area contributed by atoms with E-state index >= 15 is 0 Å². The summed E-state index contributed by atoms with van der Waals surface area (Å²) in [4.78, 5) is 10.1. The van der Waals surface area contributed by atoms with Crippen molar-refractivity contribution >= 4 is 15.8 Å². The third-order valence-electron chi connectivity index (χ3n) is 2.52. The van der Waals surface area contributed by atoms with E-state index in [2.05, 4.69) is 5.16 Å². The number of carboxylic acid groups (broad SMARTS) is 1. The van der Waals surface area contributed by atoms with Crippen molar-refractivity contribution in [2.75, 3.05) is 0 Å². The van der Waals surface area contributed by atoms with Crippen LogP contribution in [0.3, 0.4) is 0 Å². The summed E-state index contributed by atoms with van der Waals surface area (Å²) in [6, 6.07) is 4.06. The van der Waals surface area contributed by atoms with Gasteiger partial charge in [-0.15, -0.1) is 0 Å². The van der Waals surface area contributed by atoms with Crippen LogP contribution in [0, 0.1) is 12.7 Å². The number of aryl methyl sites for hydroxylation is 1. The summed E-state index contributed by atoms with van der Waals surface area (Å²) < 4.78 is 42.6. The quantitative estimate of drug-likeness (QED) is 0.924. The van der Waals surface area contributed by atoms with Gasteiger partial charge in [0.05, 0.1) is 11.3 Å². The van der Waals surface area contributed by atoms with E-state index in [0.717, 1.165) is 12.1 Å². The maximum absolute atomic E-state index is 13.7. The molecular formula is C12H10FNO5S. The number of hydrogen-bond acceptors (Lipinski definition) is 5. The highest BCUT2D eigenvalue weighted by Gasteiger charge is 2.23. The van der Waals surface area contributed by atoms with Gasteiger partial charge >= 0.3 is 5.97 Å². The van der Waals surface area contributed by atoms with Crippen molar-refractivity contribution in [1.82, 2.24) is 5.16 Å². The topological polar surface area (TPSA) is 97.5 Å². The summed E-state index contributed by atoms with van der Waals surface area (Å²) in [5.41, 5.74) is 0.189. The number of aromatic carboxylic acids is 1. The van der Waals surface area contributed by atoms with Crippen LogP contribution in [0.2, 0.25) is 0 Å². The number of halogens is 1. The van der Waals surface area contributed by atoms with E-state index in [9.17, 15) is 17.6 Å². The average Bonchev–Trinajstić information content (AvgIpc) is 2.73. The van der Waals surface area contributed by atoms with E-state index in [1.807, 2.05) is 0 Å². The maximum Gasteiger partial charge on any atom is 0.335 e. The number of aromatic nitrogens is 1. The Labute approximate surface area is 113 Å². The highest BCUT2D eigenvalue weighted by Crippen LogP contribution is 2.21. The molecule has 1 heterocycles. The molecule has 1 N–H and O–H groups in total. The molecule has 106 valence electrons. The van der Waals surface area contributed by atoms with Crippen LogP contribution in [-0.2, 0) is 15.6 Å². The van der Waals surface area contributed by atoms with Gasteiger partial charge in [0, 0.05) is 6.07 Å². The van der Waals surface area contributed by atoms with Gasteiger partial charge < -0.3 is 9.63 Å². The second-order valence-electron chi connectivity index (χ2n) is 4.14. The standard InChI is InChI=1S/C12H10FNO5S/c1-7-4-9(19-14-7)6-20(17,18)11-3-2-8(12(15)16)5-10(11)13/h2-5H,6H2,1H3,(H,15,16). The number of carbonyl (C=O) groups is 1. The van der Waals surface area contributed by atoms with Crippen LogP contribution in [0.15, 0.2) is 33.7 Å². The SMILES string of the molecule is Cc1cc(CS(=O)(=O)c2ccc(C(=O)O)cc2F)on1. The Bertz CT molecular complexity index is 766. The second kappa shape index (κ2) is 5.04. The van der Waals surface area contributed by atoms with Crippen molar-refractivity contribution in [3.8, 4) is 0 Å². The molecule has 0 bridgehead atoms. The van der Waals surface area contributed by atoms with Crippen molar-refractivity contribution in [3.05, 3.63) is 47.1 Å². The molecule has 0 saturated carbocycles. The van der Waals surface area contributed by atoms with Gasteiger partial charge in [0.25, 0.3) is 0 Å². The Kier molecular flexibility index (Phi) is 3.58. The van der Waals surface area contributed by atoms with Crippen LogP contribution in [-0.4, -0.2) is 24.7 Å². The zero-order valence-corrected chi connectivity index (χ0v) is 11.1. The van der Waals surface area contributed by atoms with E-state index in [1.54, 1.807) is 6.92 Å². The smallest absolute Gasteiger partial charge is 0.335 e. The Morgan fingerprint density at radius 1 is 1.40 bits per heavy atom. The molecule has 0 aliphatic carbocycles. The van der Waals surface area contributed by atoms with Gasteiger partial charge in [0.1, 0.15) is 16.5 Å². The van der Waals surface area contributed by atoms with Crippen LogP contribution < -0.4 is 0 Å². The normalized spacial score (nSPS) is 11.5. The summed E-state index contributed by atoms with van der Waals surface area (Å²) >= 11 is 0. The maximum atomic E-state index is 13.7. The first-order chi connectivity index (χ1) is 9.29. The minimum absolute atomic E-state index is 0.0872. The highest BCUT2D eigenvalue weighted by molar-refractivity contribution is 7.90. The van der Waals surface area contributed by atoms with E-state index in [4.69, 9.17) is 9.63 Å². The first-order valence-electron chi connectivity index (χ1n) is 5.47. The molecule has 2 rings (SSSR count). The molecule has 1 aromatic carbocycles. The number of rotatable bonds is 4. The van der Waals surface area contributed by atoms with Gasteiger partial charge in [-0.25, -0.2) is 17.6 Å². The number of hydrogen-bond donors (Lipinski definition) is 1. The van der Waals surface area contributed by atoms with Crippen molar-refractivity contribution < 1.29 is 27.2 Å². The average molecular weight is 299 g/mol. The third-order valence-corrected chi connectivity index (χ3v) is 4.19. The van der Waals surface area contributed by atoms with Gasteiger partial charge in [-0.3, -0.25) is 0 Å². The minimum atomic E-state index is -3.97. The lowest BCUT2D eigenvalue weighted by atomic mass is 10.2. The number of carboxylic acids is 1. The lowest BCUT2D eigenvalue weighted by Gasteiger charge is -2.04. The summed E-state index contributed by atoms with van der Waals surface area (Å²) in [7, 11) is -3.97. The van der Waals surface area contributed by atoms with E-state index < -0.39 is 32.3 Å². The van der Waals surface area contributed by atoms with Crippen LogP contribution in [0.4, 0.5) is 4.39 Å². The zero-order valence-electron chi connectivity index (χ0n) is 10.3. The van der Waals surface area contributed by atoms with Gasteiger partial charge in [0.15, 0.2) is 15.6 Å². The van der Waals surface area contributed by atoms with Crippen LogP contribution in [0.25, 0.3) is 0 Å². The third kappa shape index (κ3) is 2.85. The lowest BCUT2D eigenvalue weighted by molar-refractivity contribution is 0.0696. The Morgan fingerprint density at radius 3 is 2.60 bits per heavy atom. The van der Waals surface area contributed by atoms with E-state index in [0.29, 0.717) is 11.8 Å². The van der Waals surface area contributed by atoms with Gasteiger partial charge in [-0.1, -0.05) is 5.16 Å². The molecule has 20 heavy (non-hydrogen) atoms. The molecule has 2 aromatic rings. The molecule has 6 nitrogen and oxygen atoms in total. The molecule has 0 aliphatic heterocycles. The molecule has 0 spiro atoms. The Hall–Kier alpha value is -2.22. The zero-order chi connectivity index (χ0) is 14.9. The fourth-order valence-electron chi connectivity index (χ4n) is 1.64. The fraction of sp³-hybridized carbons (Fsp3) is 0.167. The molecular weight excluding hydrogens is 289 g/mol. The molecule has 0 unspecified atom stereocenters. The molecule has 0 amide bonds. The van der Waals surface area contributed by atoms with E-state index in [1.165, 1.54) is 6.07 Å². The summed E-state index contributed by atoms with van der Waals surface area (Å²) in [6.45, 7) is 1.63. The first-order valence-corrected chi connectivity index (χ1v) is 7.12. The summed E-state index contributed by atoms with van der Waals surface area (Å²) in [6.07, 6.45) is 0. The van der Waals surface area contributed by atoms with Crippen molar-refractivity contribution in [2.24, 2.45) is 0 Å². The first kappa shape index (κ1) is 14.2. The predicted molar refractivity (Wildman–Crippen MR) is 65.5 cm³/mol. The summed E-state index contributed by atoms with van der Waals surface area (Å²) in [5, 5.41) is 12.2. The molecule has 0 aliphatic rings. The fourth-order valence-corrected chi connectivity index (χ4v) is 2.93. The van der Waals surface area contributed by atoms with Gasteiger partial charge in [0.2, 0.25) is 0 Å². The van der Waals surface area contributed by atoms with Crippen molar-refractivity contribution in [2.45, 2.75) is 17.6 Å². The molecule has 8 heteroatoms. The highest BCUT2D eigenvalue weighted by atomic mass is 32.2. The predicted octanol–water partition coefficient (Wildman–Crippen LogP) is 1.79. The van der Waals surface area contributed by atoms with Crippen LogP contribution in [0.5, 0.6) is 0 Å². The van der Waals surface area contributed by atoms with Crippen molar-refractivity contribution in [1.29, 1.82) is 0 Å². The lowest BCUT2D eigenvalue weighted by Crippen LogP contribution is -2.08. The number of nitrogens with zero attached hydrogens (tertiary/aromatic N) is 1. The molecule has 0 saturated heterocycles. The Morgan fingerprint density at radius 2 is 2.10 bits per heavy atom. The number of benzene rings is 1. The van der Waals surface area contributed by atoms with Crippen LogP contribution >= 0.6 is 0 Å². The van der Waals surface area contributed by atoms with Gasteiger partial charge in [-0.2, -0.15) is 0 Å². The molecule has 1 aromatic heterocycles. The van der Waals surface area contributed by atoms with Crippen LogP contribution in [0.1, 0.15) is 21.8 Å². The van der Waals surface area contributed by atoms with E-state index in [-0.39, 0.29) is 11.3 Å². The molecule has 0 radical (unpaired) electrons. The largest absolute Gasteiger partial charge is 0.478 e. The van der Waals surface area contributed by atoms with Crippen molar-refractivity contribution in [3.63, 3.8) is 0 Å². The monoisotopic (exact) mass is 299 g/mol. The number of sulfone groups is 1. The second-order valence-corrected chi connectivity index (χ2v) is 6.10. The Balaban J connectivity index is 2.37. The van der Waals surface area contributed by atoms with Gasteiger partial charge in [-0.05, 0) is 25.1 Å². The summed E-state index contributed by atoms with van der Waals surface area (Å²) in [5.74, 6) is -2.90. The molecule has 0 atom stereocenters. The molecule has 0 fully saturated rings.